The quantitative estimate of drug-likeness (QED) is 0.307. The highest BCUT2D eigenvalue weighted by Crippen LogP contribution is 2.17. The zero-order valence-electron chi connectivity index (χ0n) is 16.5. The van der Waals surface area contributed by atoms with E-state index in [0.29, 0.717) is 26.2 Å². The predicted octanol–water partition coefficient (Wildman–Crippen LogP) is 3.15. The lowest BCUT2D eigenvalue weighted by atomic mass is 10.2. The molecular weight excluding hydrogens is 501 g/mol. The molecule has 1 fully saturated rings. The Hall–Kier alpha value is -2.00. The molecule has 0 saturated carbocycles. The van der Waals surface area contributed by atoms with Gasteiger partial charge in [0.05, 0.1) is 13.1 Å². The van der Waals surface area contributed by atoms with E-state index in [1.165, 1.54) is 0 Å². The van der Waals surface area contributed by atoms with E-state index < -0.39 is 0 Å². The molecule has 1 saturated heterocycles. The number of halogens is 2. The van der Waals surface area contributed by atoms with E-state index in [9.17, 15) is 4.79 Å². The fraction of sp³-hybridized carbons (Fsp3) is 0.333. The molecule has 1 amide bonds. The molecule has 156 valence electrons. The number of aliphatic imine (C=N–C) groups is 1. The second kappa shape index (κ2) is 11.9. The molecule has 1 aliphatic rings. The van der Waals surface area contributed by atoms with Crippen molar-refractivity contribution in [3.05, 3.63) is 64.7 Å². The van der Waals surface area contributed by atoms with Gasteiger partial charge in [0, 0.05) is 36.9 Å². The minimum atomic E-state index is 0. The van der Waals surface area contributed by atoms with E-state index in [2.05, 4.69) is 38.0 Å². The maximum Gasteiger partial charge on any atom is 0.239 e. The molecule has 1 heterocycles. The molecule has 2 aromatic carbocycles. The summed E-state index contributed by atoms with van der Waals surface area (Å²) in [6, 6.07) is 16.0. The number of carbonyl (C=O) groups is 1. The third kappa shape index (κ3) is 7.08. The number of piperazine rings is 1. The fourth-order valence-electron chi connectivity index (χ4n) is 3.00. The number of guanidine groups is 1. The van der Waals surface area contributed by atoms with Crippen LogP contribution in [-0.4, -0.2) is 38.0 Å². The summed E-state index contributed by atoms with van der Waals surface area (Å²) < 4.78 is 0. The van der Waals surface area contributed by atoms with Gasteiger partial charge in [-0.25, -0.2) is 4.99 Å². The third-order valence-electron chi connectivity index (χ3n) is 4.51. The lowest BCUT2D eigenvalue weighted by molar-refractivity contribution is -0.120. The average molecular weight is 528 g/mol. The molecule has 0 radical (unpaired) electrons. The second-order valence-corrected chi connectivity index (χ2v) is 6.99. The SMILES string of the molecule is CCNC(=NCc1ccc(N2CCNC(=O)C2)cc1)NCc1ccccc1Cl.I. The van der Waals surface area contributed by atoms with Gasteiger partial charge in [0.25, 0.3) is 0 Å². The fourth-order valence-corrected chi connectivity index (χ4v) is 3.21. The first-order chi connectivity index (χ1) is 13.7. The van der Waals surface area contributed by atoms with Crippen molar-refractivity contribution < 1.29 is 4.79 Å². The summed E-state index contributed by atoms with van der Waals surface area (Å²) in [6.07, 6.45) is 0. The van der Waals surface area contributed by atoms with Crippen LogP contribution in [0.5, 0.6) is 0 Å². The van der Waals surface area contributed by atoms with Crippen LogP contribution in [0.3, 0.4) is 0 Å². The number of rotatable bonds is 6. The number of nitrogens with one attached hydrogen (secondary N) is 3. The molecule has 6 nitrogen and oxygen atoms in total. The maximum absolute atomic E-state index is 11.5. The van der Waals surface area contributed by atoms with Crippen LogP contribution in [0, 0.1) is 0 Å². The Balaban J connectivity index is 0.00000300. The van der Waals surface area contributed by atoms with Crippen molar-refractivity contribution in [2.24, 2.45) is 4.99 Å². The van der Waals surface area contributed by atoms with Crippen LogP contribution in [0.4, 0.5) is 5.69 Å². The first-order valence-electron chi connectivity index (χ1n) is 9.52. The first-order valence-corrected chi connectivity index (χ1v) is 9.89. The second-order valence-electron chi connectivity index (χ2n) is 6.58. The van der Waals surface area contributed by atoms with Gasteiger partial charge in [-0.1, -0.05) is 41.9 Å². The van der Waals surface area contributed by atoms with Crippen molar-refractivity contribution in [2.45, 2.75) is 20.0 Å². The molecule has 0 unspecified atom stereocenters. The number of carbonyl (C=O) groups excluding carboxylic acids is 1. The van der Waals surface area contributed by atoms with Crippen LogP contribution >= 0.6 is 35.6 Å². The molecule has 3 rings (SSSR count). The Bertz CT molecular complexity index is 828. The minimum Gasteiger partial charge on any atom is -0.360 e. The van der Waals surface area contributed by atoms with E-state index in [1.807, 2.05) is 43.3 Å². The Morgan fingerprint density at radius 3 is 2.62 bits per heavy atom. The zero-order valence-corrected chi connectivity index (χ0v) is 19.5. The van der Waals surface area contributed by atoms with Crippen LogP contribution in [0.25, 0.3) is 0 Å². The normalized spacial score (nSPS) is 14.1. The molecule has 0 aromatic heterocycles. The first kappa shape index (κ1) is 23.3. The van der Waals surface area contributed by atoms with Crippen molar-refractivity contribution >= 4 is 53.1 Å². The van der Waals surface area contributed by atoms with Gasteiger partial charge in [-0.2, -0.15) is 0 Å². The maximum atomic E-state index is 11.5. The molecule has 3 N–H and O–H groups in total. The van der Waals surface area contributed by atoms with Gasteiger partial charge in [0.2, 0.25) is 5.91 Å². The van der Waals surface area contributed by atoms with Gasteiger partial charge in [0.15, 0.2) is 5.96 Å². The largest absolute Gasteiger partial charge is 0.360 e. The summed E-state index contributed by atoms with van der Waals surface area (Å²) in [5.41, 5.74) is 3.20. The van der Waals surface area contributed by atoms with E-state index in [0.717, 1.165) is 40.9 Å². The highest BCUT2D eigenvalue weighted by Gasteiger charge is 2.16. The summed E-state index contributed by atoms with van der Waals surface area (Å²) in [6.45, 7) is 5.93. The van der Waals surface area contributed by atoms with E-state index in [4.69, 9.17) is 11.6 Å². The number of hydrogen-bond acceptors (Lipinski definition) is 3. The molecular formula is C21H27ClIN5O. The smallest absolute Gasteiger partial charge is 0.239 e. The van der Waals surface area contributed by atoms with Gasteiger partial charge in [-0.05, 0) is 36.2 Å². The monoisotopic (exact) mass is 527 g/mol. The molecule has 0 atom stereocenters. The molecule has 2 aromatic rings. The number of amides is 1. The molecule has 0 aliphatic carbocycles. The number of hydrogen-bond donors (Lipinski definition) is 3. The van der Waals surface area contributed by atoms with Crippen LogP contribution < -0.4 is 20.9 Å². The number of benzene rings is 2. The van der Waals surface area contributed by atoms with Crippen LogP contribution in [0.2, 0.25) is 5.02 Å². The Labute approximate surface area is 194 Å². The van der Waals surface area contributed by atoms with Gasteiger partial charge < -0.3 is 20.9 Å². The zero-order chi connectivity index (χ0) is 19.8. The van der Waals surface area contributed by atoms with Gasteiger partial charge in [-0.15, -0.1) is 24.0 Å². The van der Waals surface area contributed by atoms with Crippen LogP contribution in [-0.2, 0) is 17.9 Å². The van der Waals surface area contributed by atoms with Crippen LogP contribution in [0.1, 0.15) is 18.1 Å². The van der Waals surface area contributed by atoms with E-state index in [-0.39, 0.29) is 29.9 Å². The summed E-state index contributed by atoms with van der Waals surface area (Å²) >= 11 is 6.22. The Kier molecular flexibility index (Phi) is 9.53. The topological polar surface area (TPSA) is 68.8 Å². The van der Waals surface area contributed by atoms with E-state index >= 15 is 0 Å². The minimum absolute atomic E-state index is 0. The molecule has 0 bridgehead atoms. The van der Waals surface area contributed by atoms with Gasteiger partial charge in [0.1, 0.15) is 0 Å². The Morgan fingerprint density at radius 2 is 1.93 bits per heavy atom. The summed E-state index contributed by atoms with van der Waals surface area (Å²) in [5.74, 6) is 0.819. The van der Waals surface area contributed by atoms with Crippen molar-refractivity contribution in [3.63, 3.8) is 0 Å². The van der Waals surface area contributed by atoms with E-state index in [1.54, 1.807) is 0 Å². The summed E-state index contributed by atoms with van der Waals surface area (Å²) in [7, 11) is 0. The number of anilines is 1. The lowest BCUT2D eigenvalue weighted by Gasteiger charge is -2.28. The highest BCUT2D eigenvalue weighted by atomic mass is 127. The van der Waals surface area contributed by atoms with Crippen molar-refractivity contribution in [1.29, 1.82) is 0 Å². The lowest BCUT2D eigenvalue weighted by Crippen LogP contribution is -2.47. The summed E-state index contributed by atoms with van der Waals surface area (Å²) in [4.78, 5) is 18.3. The van der Waals surface area contributed by atoms with Crippen molar-refractivity contribution in [1.82, 2.24) is 16.0 Å². The molecule has 1 aliphatic heterocycles. The van der Waals surface area contributed by atoms with Crippen LogP contribution in [0.15, 0.2) is 53.5 Å². The van der Waals surface area contributed by atoms with Gasteiger partial charge in [-0.3, -0.25) is 4.79 Å². The molecule has 8 heteroatoms. The standard InChI is InChI=1S/C21H26ClN5O.HI/c1-2-23-21(26-14-17-5-3-4-6-19(17)22)25-13-16-7-9-18(10-8-16)27-12-11-24-20(28)15-27;/h3-10H,2,11-15H2,1H3,(H,24,28)(H2,23,25,26);1H. The van der Waals surface area contributed by atoms with Gasteiger partial charge >= 0.3 is 0 Å². The highest BCUT2D eigenvalue weighted by molar-refractivity contribution is 14.0. The predicted molar refractivity (Wildman–Crippen MR) is 130 cm³/mol. The molecule has 29 heavy (non-hydrogen) atoms. The number of nitrogens with zero attached hydrogens (tertiary/aromatic N) is 2. The van der Waals surface area contributed by atoms with Crippen molar-refractivity contribution in [3.8, 4) is 0 Å². The third-order valence-corrected chi connectivity index (χ3v) is 4.88. The Morgan fingerprint density at radius 1 is 1.17 bits per heavy atom. The summed E-state index contributed by atoms with van der Waals surface area (Å²) in [5, 5.41) is 10.2. The molecule has 0 spiro atoms. The average Bonchev–Trinajstić information content (AvgIpc) is 2.71. The van der Waals surface area contributed by atoms with Crippen molar-refractivity contribution in [2.75, 3.05) is 31.1 Å².